The van der Waals surface area contributed by atoms with Crippen LogP contribution in [0.4, 0.5) is 0 Å². The van der Waals surface area contributed by atoms with E-state index in [0.29, 0.717) is 31.6 Å². The Kier molecular flexibility index (Phi) is 6.07. The van der Waals surface area contributed by atoms with Gasteiger partial charge in [-0.05, 0) is 36.5 Å². The second kappa shape index (κ2) is 9.07. The molecule has 1 fully saturated rings. The Morgan fingerprint density at radius 3 is 2.77 bits per heavy atom. The fraction of sp³-hybridized carbons (Fsp3) is 0.391. The molecule has 0 bridgehead atoms. The molecule has 156 valence electrons. The molecule has 1 spiro atoms. The first-order valence-corrected chi connectivity index (χ1v) is 10.4. The average molecular weight is 406 g/mol. The molecule has 0 saturated carbocycles. The Balaban J connectivity index is 1.28. The molecule has 2 amide bonds. The van der Waals surface area contributed by atoms with Gasteiger partial charge in [0.2, 0.25) is 5.91 Å². The normalized spacial score (nSPS) is 20.5. The Labute approximate surface area is 176 Å². The van der Waals surface area contributed by atoms with Crippen LogP contribution in [0.2, 0.25) is 0 Å². The van der Waals surface area contributed by atoms with Crippen molar-refractivity contribution in [1.82, 2.24) is 15.2 Å². The van der Waals surface area contributed by atoms with E-state index >= 15 is 0 Å². The van der Waals surface area contributed by atoms with Crippen LogP contribution in [-0.4, -0.2) is 46.1 Å². The van der Waals surface area contributed by atoms with Crippen molar-refractivity contribution < 1.29 is 14.4 Å². The summed E-state index contributed by atoms with van der Waals surface area (Å²) in [6, 6.07) is 13.8. The van der Waals surface area contributed by atoms with Gasteiger partial charge in [-0.15, -0.1) is 0 Å². The number of aromatic nitrogens is 1. The van der Waals surface area contributed by atoms with Gasteiger partial charge < -0.3 is 15.1 Å². The Bertz CT molecular complexity index is 917. The summed E-state index contributed by atoms with van der Waals surface area (Å²) in [6.45, 7) is 1.59. The van der Waals surface area contributed by atoms with E-state index in [2.05, 4.69) is 15.5 Å². The van der Waals surface area contributed by atoms with E-state index in [4.69, 9.17) is 4.84 Å². The van der Waals surface area contributed by atoms with Gasteiger partial charge in [-0.2, -0.15) is 0 Å². The molecule has 0 radical (unpaired) electrons. The minimum Gasteiger partial charge on any atom is -0.386 e. The maximum absolute atomic E-state index is 12.7. The molecule has 0 unspecified atom stereocenters. The Hall–Kier alpha value is -3.22. The summed E-state index contributed by atoms with van der Waals surface area (Å²) in [6.07, 6.45) is 6.67. The molecule has 0 aliphatic carbocycles. The summed E-state index contributed by atoms with van der Waals surface area (Å²) in [4.78, 5) is 36.9. The monoisotopic (exact) mass is 406 g/mol. The van der Waals surface area contributed by atoms with Gasteiger partial charge in [-0.1, -0.05) is 41.6 Å². The van der Waals surface area contributed by atoms with Crippen molar-refractivity contribution in [2.24, 2.45) is 5.16 Å². The van der Waals surface area contributed by atoms with Gasteiger partial charge in [-0.25, -0.2) is 0 Å². The number of aryl methyl sites for hydroxylation is 1. The summed E-state index contributed by atoms with van der Waals surface area (Å²) in [5.74, 6) is -0.112. The number of carbonyl (C=O) groups excluding carboxylic acids is 2. The molecule has 2 aromatic rings. The largest absolute Gasteiger partial charge is 0.386 e. The number of pyridine rings is 1. The van der Waals surface area contributed by atoms with E-state index in [-0.39, 0.29) is 11.8 Å². The van der Waals surface area contributed by atoms with Gasteiger partial charge in [-0.3, -0.25) is 14.6 Å². The van der Waals surface area contributed by atoms with Crippen LogP contribution in [0.3, 0.4) is 0 Å². The van der Waals surface area contributed by atoms with Crippen LogP contribution in [-0.2, 0) is 27.4 Å². The first-order valence-electron chi connectivity index (χ1n) is 10.4. The highest BCUT2D eigenvalue weighted by molar-refractivity contribution is 6.39. The highest BCUT2D eigenvalue weighted by Crippen LogP contribution is 2.33. The average Bonchev–Trinajstić information content (AvgIpc) is 3.20. The van der Waals surface area contributed by atoms with E-state index in [1.807, 2.05) is 47.4 Å². The number of likely N-dealkylation sites (tertiary alicyclic amines) is 1. The molecule has 2 aliphatic heterocycles. The molecule has 7 nitrogen and oxygen atoms in total. The number of carbonyl (C=O) groups is 2. The van der Waals surface area contributed by atoms with Gasteiger partial charge in [0.1, 0.15) is 5.71 Å². The molecular formula is C23H26N4O3. The van der Waals surface area contributed by atoms with Crippen molar-refractivity contribution in [2.45, 2.75) is 44.2 Å². The first-order chi connectivity index (χ1) is 14.6. The SMILES string of the molecule is O=C(NCc1cccnc1)C1=NO[C@]2(CCCN(C(=O)CCc3ccccc3)C2)C1. The maximum atomic E-state index is 12.7. The minimum absolute atomic E-state index is 0.121. The van der Waals surface area contributed by atoms with Crippen LogP contribution >= 0.6 is 0 Å². The van der Waals surface area contributed by atoms with E-state index in [1.165, 1.54) is 0 Å². The van der Waals surface area contributed by atoms with Crippen molar-refractivity contribution in [2.75, 3.05) is 13.1 Å². The summed E-state index contributed by atoms with van der Waals surface area (Å²) >= 11 is 0. The number of rotatable bonds is 6. The highest BCUT2D eigenvalue weighted by atomic mass is 16.7. The second-order valence-electron chi connectivity index (χ2n) is 7.94. The third kappa shape index (κ3) is 4.84. The van der Waals surface area contributed by atoms with Crippen molar-refractivity contribution in [3.63, 3.8) is 0 Å². The number of nitrogens with zero attached hydrogens (tertiary/aromatic N) is 3. The zero-order valence-corrected chi connectivity index (χ0v) is 16.9. The van der Waals surface area contributed by atoms with Crippen LogP contribution in [0.5, 0.6) is 0 Å². The van der Waals surface area contributed by atoms with E-state index in [1.54, 1.807) is 12.4 Å². The molecule has 1 N–H and O–H groups in total. The molecule has 2 aliphatic rings. The first kappa shape index (κ1) is 20.1. The molecule has 30 heavy (non-hydrogen) atoms. The van der Waals surface area contributed by atoms with E-state index in [0.717, 1.165) is 36.9 Å². The van der Waals surface area contributed by atoms with Crippen LogP contribution in [0, 0.1) is 0 Å². The number of hydrogen-bond acceptors (Lipinski definition) is 5. The van der Waals surface area contributed by atoms with Crippen molar-refractivity contribution in [1.29, 1.82) is 0 Å². The molecule has 1 saturated heterocycles. The predicted octanol–water partition coefficient (Wildman–Crippen LogP) is 2.47. The molecule has 1 aromatic heterocycles. The zero-order valence-electron chi connectivity index (χ0n) is 16.9. The lowest BCUT2D eigenvalue weighted by Gasteiger charge is -2.38. The molecular weight excluding hydrogens is 380 g/mol. The van der Waals surface area contributed by atoms with Crippen molar-refractivity contribution in [3.05, 3.63) is 66.0 Å². The maximum Gasteiger partial charge on any atom is 0.269 e. The third-order valence-corrected chi connectivity index (χ3v) is 5.64. The predicted molar refractivity (Wildman–Crippen MR) is 113 cm³/mol. The van der Waals surface area contributed by atoms with Gasteiger partial charge in [0.25, 0.3) is 5.91 Å². The van der Waals surface area contributed by atoms with Crippen LogP contribution in [0.1, 0.15) is 36.8 Å². The lowest BCUT2D eigenvalue weighted by Crippen LogP contribution is -2.51. The smallest absolute Gasteiger partial charge is 0.269 e. The summed E-state index contributed by atoms with van der Waals surface area (Å²) in [5.41, 5.74) is 1.89. The number of nitrogens with one attached hydrogen (secondary N) is 1. The Morgan fingerprint density at radius 1 is 1.13 bits per heavy atom. The number of piperidine rings is 1. The molecule has 1 atom stereocenters. The fourth-order valence-electron chi connectivity index (χ4n) is 4.01. The topological polar surface area (TPSA) is 83.9 Å². The van der Waals surface area contributed by atoms with Crippen molar-refractivity contribution in [3.8, 4) is 0 Å². The van der Waals surface area contributed by atoms with Crippen LogP contribution in [0.15, 0.2) is 60.0 Å². The van der Waals surface area contributed by atoms with Gasteiger partial charge in [0, 0.05) is 38.3 Å². The van der Waals surface area contributed by atoms with E-state index < -0.39 is 5.60 Å². The number of hydrogen-bond donors (Lipinski definition) is 1. The summed E-state index contributed by atoms with van der Waals surface area (Å²) in [5, 5.41) is 6.93. The summed E-state index contributed by atoms with van der Waals surface area (Å²) < 4.78 is 0. The number of oxime groups is 1. The lowest BCUT2D eigenvalue weighted by molar-refractivity contribution is -0.140. The third-order valence-electron chi connectivity index (χ3n) is 5.64. The van der Waals surface area contributed by atoms with Crippen LogP contribution in [0.25, 0.3) is 0 Å². The Morgan fingerprint density at radius 2 is 1.97 bits per heavy atom. The van der Waals surface area contributed by atoms with Gasteiger partial charge in [0.05, 0.1) is 6.54 Å². The molecule has 3 heterocycles. The molecule has 4 rings (SSSR count). The second-order valence-corrected chi connectivity index (χ2v) is 7.94. The zero-order chi connectivity index (χ0) is 20.8. The highest BCUT2D eigenvalue weighted by Gasteiger charge is 2.45. The fourth-order valence-corrected chi connectivity index (χ4v) is 4.01. The number of benzene rings is 1. The van der Waals surface area contributed by atoms with Gasteiger partial charge >= 0.3 is 0 Å². The van der Waals surface area contributed by atoms with Gasteiger partial charge in [0.15, 0.2) is 5.60 Å². The van der Waals surface area contributed by atoms with Crippen molar-refractivity contribution >= 4 is 17.5 Å². The minimum atomic E-state index is -0.582. The standard InChI is InChI=1S/C23H26N4O3/c28-21(10-9-18-6-2-1-3-7-18)27-13-5-11-23(17-27)14-20(26-30-23)22(29)25-16-19-8-4-12-24-15-19/h1-4,6-8,12,15H,5,9-11,13-14,16-17H2,(H,25,29)/t23-/m1/s1. The van der Waals surface area contributed by atoms with Crippen LogP contribution < -0.4 is 5.32 Å². The molecule has 7 heteroatoms. The van der Waals surface area contributed by atoms with E-state index in [9.17, 15) is 9.59 Å². The number of amides is 2. The summed E-state index contributed by atoms with van der Waals surface area (Å²) in [7, 11) is 0. The quantitative estimate of drug-likeness (QED) is 0.799. The molecule has 1 aromatic carbocycles. The lowest BCUT2D eigenvalue weighted by atomic mass is 9.87.